The molecular formula is C23H29BrN2O4. The summed E-state index contributed by atoms with van der Waals surface area (Å²) in [6.07, 6.45) is 4.27. The van der Waals surface area contributed by atoms with Crippen molar-refractivity contribution < 1.29 is 19.4 Å². The number of amides is 1. The highest BCUT2D eigenvalue weighted by molar-refractivity contribution is 9.10. The van der Waals surface area contributed by atoms with E-state index < -0.39 is 17.9 Å². The summed E-state index contributed by atoms with van der Waals surface area (Å²) >= 11 is 3.50. The number of nitrogens with one attached hydrogen (secondary N) is 2. The number of aromatic hydroxyl groups is 1. The van der Waals surface area contributed by atoms with E-state index in [2.05, 4.69) is 26.6 Å². The lowest BCUT2D eigenvalue weighted by molar-refractivity contribution is -0.142. The molecule has 0 aromatic heterocycles. The van der Waals surface area contributed by atoms with E-state index in [1.54, 1.807) is 12.1 Å². The summed E-state index contributed by atoms with van der Waals surface area (Å²) in [4.78, 5) is 24.9. The molecule has 162 valence electrons. The van der Waals surface area contributed by atoms with Crippen molar-refractivity contribution in [2.24, 2.45) is 0 Å². The molecule has 2 rings (SSSR count). The van der Waals surface area contributed by atoms with Crippen molar-refractivity contribution >= 4 is 27.8 Å². The van der Waals surface area contributed by atoms with Gasteiger partial charge in [0.05, 0.1) is 12.7 Å². The van der Waals surface area contributed by atoms with Crippen molar-refractivity contribution in [3.63, 3.8) is 0 Å². The molecule has 2 aromatic carbocycles. The van der Waals surface area contributed by atoms with Crippen LogP contribution in [0.2, 0.25) is 0 Å². The number of hydrogen-bond acceptors (Lipinski definition) is 5. The minimum Gasteiger partial charge on any atom is -0.507 e. The lowest BCUT2D eigenvalue weighted by atomic mass is 10.0. The van der Waals surface area contributed by atoms with E-state index in [0.717, 1.165) is 47.8 Å². The molecule has 1 amide bonds. The Kier molecular flexibility index (Phi) is 9.83. The number of halogens is 1. The van der Waals surface area contributed by atoms with Gasteiger partial charge in [-0.05, 0) is 56.1 Å². The highest BCUT2D eigenvalue weighted by Crippen LogP contribution is 2.28. The fourth-order valence-electron chi connectivity index (χ4n) is 3.19. The number of aryl methyl sites for hydroxylation is 1. The molecule has 3 N–H and O–H groups in total. The van der Waals surface area contributed by atoms with Crippen LogP contribution < -0.4 is 10.6 Å². The summed E-state index contributed by atoms with van der Waals surface area (Å²) in [6.45, 7) is 0.982. The summed E-state index contributed by atoms with van der Waals surface area (Å²) in [5.41, 5.74) is 1.96. The minimum atomic E-state index is -0.852. The van der Waals surface area contributed by atoms with Crippen LogP contribution >= 0.6 is 15.9 Å². The zero-order valence-electron chi connectivity index (χ0n) is 17.4. The van der Waals surface area contributed by atoms with E-state index in [-0.39, 0.29) is 11.3 Å². The number of phenolic OH excluding ortho intramolecular Hbond substituents is 1. The van der Waals surface area contributed by atoms with Gasteiger partial charge in [0.25, 0.3) is 5.91 Å². The molecule has 1 unspecified atom stereocenters. The Labute approximate surface area is 186 Å². The Morgan fingerprint density at radius 2 is 1.87 bits per heavy atom. The van der Waals surface area contributed by atoms with Gasteiger partial charge in [0.2, 0.25) is 0 Å². The molecule has 0 aliphatic rings. The number of benzene rings is 2. The second-order valence-electron chi connectivity index (χ2n) is 7.11. The monoisotopic (exact) mass is 476 g/mol. The Morgan fingerprint density at radius 1 is 1.13 bits per heavy atom. The third-order valence-corrected chi connectivity index (χ3v) is 5.59. The van der Waals surface area contributed by atoms with Crippen LogP contribution in [0.15, 0.2) is 46.9 Å². The summed E-state index contributed by atoms with van der Waals surface area (Å²) in [7, 11) is 3.22. The number of carbonyl (C=O) groups is 2. The number of phenols is 1. The first-order valence-electron chi connectivity index (χ1n) is 10.0. The van der Waals surface area contributed by atoms with Gasteiger partial charge < -0.3 is 20.5 Å². The zero-order valence-corrected chi connectivity index (χ0v) is 19.0. The van der Waals surface area contributed by atoms with Gasteiger partial charge in [-0.3, -0.25) is 4.79 Å². The molecule has 6 nitrogen and oxygen atoms in total. The van der Waals surface area contributed by atoms with E-state index in [0.29, 0.717) is 6.42 Å². The summed E-state index contributed by atoms with van der Waals surface area (Å²) in [6, 6.07) is 11.7. The number of carbonyl (C=O) groups excluding carboxylic acids is 2. The van der Waals surface area contributed by atoms with Crippen LogP contribution in [0.4, 0.5) is 0 Å². The van der Waals surface area contributed by atoms with Crippen molar-refractivity contribution in [3.05, 3.63) is 63.6 Å². The molecule has 0 aliphatic heterocycles. The molecule has 7 heteroatoms. The SMILES string of the molecule is CNCCCCCc1cc(O)c(C(=O)NC(Cc2ccccc2)C(=O)OC)cc1Br. The first kappa shape index (κ1) is 23.9. The number of ether oxygens (including phenoxy) is 1. The molecule has 2 aromatic rings. The predicted molar refractivity (Wildman–Crippen MR) is 121 cm³/mol. The predicted octanol–water partition coefficient (Wildman–Crippen LogP) is 3.60. The van der Waals surface area contributed by atoms with Gasteiger partial charge in [-0.1, -0.05) is 52.7 Å². The highest BCUT2D eigenvalue weighted by Gasteiger charge is 2.24. The summed E-state index contributed by atoms with van der Waals surface area (Å²) in [5, 5.41) is 16.2. The number of rotatable bonds is 11. The van der Waals surface area contributed by atoms with Crippen LogP contribution in [0, 0.1) is 0 Å². The van der Waals surface area contributed by atoms with Gasteiger partial charge in [0, 0.05) is 10.9 Å². The second kappa shape index (κ2) is 12.3. The number of esters is 1. The molecule has 0 bridgehead atoms. The normalized spacial score (nSPS) is 11.7. The largest absolute Gasteiger partial charge is 0.507 e. The Bertz CT molecular complexity index is 843. The van der Waals surface area contributed by atoms with E-state index in [1.807, 2.05) is 37.4 Å². The maximum atomic E-state index is 12.8. The average molecular weight is 477 g/mol. The van der Waals surface area contributed by atoms with Crippen LogP contribution in [-0.2, 0) is 22.4 Å². The highest BCUT2D eigenvalue weighted by atomic mass is 79.9. The Hall–Kier alpha value is -2.38. The van der Waals surface area contributed by atoms with E-state index >= 15 is 0 Å². The van der Waals surface area contributed by atoms with Gasteiger partial charge in [-0.2, -0.15) is 0 Å². The molecule has 0 aliphatic carbocycles. The molecule has 0 fully saturated rings. The quantitative estimate of drug-likeness (QED) is 0.340. The standard InChI is InChI=1S/C23H29BrN2O4/c1-25-12-8-4-7-11-17-14-21(27)18(15-19(17)24)22(28)26-20(23(29)30-2)13-16-9-5-3-6-10-16/h3,5-6,9-10,14-15,20,25,27H,4,7-8,11-13H2,1-2H3,(H,26,28). The van der Waals surface area contributed by atoms with Crippen LogP contribution in [0.1, 0.15) is 40.7 Å². The fraction of sp³-hybridized carbons (Fsp3) is 0.391. The zero-order chi connectivity index (χ0) is 21.9. The van der Waals surface area contributed by atoms with Crippen LogP contribution in [-0.4, -0.2) is 43.7 Å². The van der Waals surface area contributed by atoms with Crippen molar-refractivity contribution in [2.45, 2.75) is 38.1 Å². The van der Waals surface area contributed by atoms with E-state index in [1.165, 1.54) is 7.11 Å². The van der Waals surface area contributed by atoms with Crippen molar-refractivity contribution in [3.8, 4) is 5.75 Å². The maximum absolute atomic E-state index is 12.8. The van der Waals surface area contributed by atoms with Gasteiger partial charge >= 0.3 is 5.97 Å². The molecule has 0 spiro atoms. The summed E-state index contributed by atoms with van der Waals surface area (Å²) in [5.74, 6) is -1.17. The summed E-state index contributed by atoms with van der Waals surface area (Å²) < 4.78 is 5.60. The Balaban J connectivity index is 2.08. The second-order valence-corrected chi connectivity index (χ2v) is 7.97. The molecule has 0 saturated carbocycles. The van der Waals surface area contributed by atoms with Crippen LogP contribution in [0.25, 0.3) is 0 Å². The van der Waals surface area contributed by atoms with Gasteiger partial charge in [0.1, 0.15) is 11.8 Å². The lowest BCUT2D eigenvalue weighted by Gasteiger charge is -2.18. The third-order valence-electron chi connectivity index (χ3n) is 4.86. The smallest absolute Gasteiger partial charge is 0.328 e. The number of methoxy groups -OCH3 is 1. The third kappa shape index (κ3) is 7.15. The van der Waals surface area contributed by atoms with Crippen LogP contribution in [0.5, 0.6) is 5.75 Å². The topological polar surface area (TPSA) is 87.7 Å². The minimum absolute atomic E-state index is 0.107. The van der Waals surface area contributed by atoms with Crippen molar-refractivity contribution in [2.75, 3.05) is 20.7 Å². The first-order valence-corrected chi connectivity index (χ1v) is 10.8. The van der Waals surface area contributed by atoms with E-state index in [4.69, 9.17) is 4.74 Å². The molecule has 1 atom stereocenters. The number of hydrogen-bond donors (Lipinski definition) is 3. The van der Waals surface area contributed by atoms with Gasteiger partial charge in [-0.25, -0.2) is 4.79 Å². The number of unbranched alkanes of at least 4 members (excludes halogenated alkanes) is 2. The van der Waals surface area contributed by atoms with Gasteiger partial charge in [0.15, 0.2) is 0 Å². The molecule has 0 saturated heterocycles. The molecule has 0 heterocycles. The van der Waals surface area contributed by atoms with Gasteiger partial charge in [-0.15, -0.1) is 0 Å². The van der Waals surface area contributed by atoms with Crippen molar-refractivity contribution in [1.82, 2.24) is 10.6 Å². The van der Waals surface area contributed by atoms with Crippen LogP contribution in [0.3, 0.4) is 0 Å². The average Bonchev–Trinajstić information content (AvgIpc) is 2.75. The van der Waals surface area contributed by atoms with Crippen molar-refractivity contribution in [1.29, 1.82) is 0 Å². The maximum Gasteiger partial charge on any atom is 0.328 e. The molecule has 0 radical (unpaired) electrons. The lowest BCUT2D eigenvalue weighted by Crippen LogP contribution is -2.43. The molecular weight excluding hydrogens is 448 g/mol. The molecule has 30 heavy (non-hydrogen) atoms. The first-order chi connectivity index (χ1) is 14.5. The fourth-order valence-corrected chi connectivity index (χ4v) is 3.74. The van der Waals surface area contributed by atoms with E-state index in [9.17, 15) is 14.7 Å². The Morgan fingerprint density at radius 3 is 2.53 bits per heavy atom.